The normalized spacial score (nSPS) is 18.1. The van der Waals surface area contributed by atoms with Crippen molar-refractivity contribution in [2.45, 2.75) is 4.90 Å². The smallest absolute Gasteiger partial charge is 0.300 e. The summed E-state index contributed by atoms with van der Waals surface area (Å²) < 4.78 is 28.6. The molecule has 2 aliphatic rings. The fourth-order valence-electron chi connectivity index (χ4n) is 3.77. The molecule has 0 spiro atoms. The summed E-state index contributed by atoms with van der Waals surface area (Å²) in [6.07, 6.45) is 1.37. The van der Waals surface area contributed by atoms with Crippen molar-refractivity contribution < 1.29 is 22.8 Å². The number of piperazine rings is 1. The van der Waals surface area contributed by atoms with E-state index in [9.17, 15) is 22.8 Å². The van der Waals surface area contributed by atoms with Crippen molar-refractivity contribution in [3.8, 4) is 0 Å². The Morgan fingerprint density at radius 1 is 1.10 bits per heavy atom. The molecule has 1 aromatic heterocycles. The van der Waals surface area contributed by atoms with Gasteiger partial charge < -0.3 is 10.3 Å². The van der Waals surface area contributed by atoms with Crippen LogP contribution in [0, 0.1) is 0 Å². The predicted octanol–water partition coefficient (Wildman–Crippen LogP) is -0.383. The Bertz CT molecular complexity index is 1150. The molecule has 0 radical (unpaired) electrons. The van der Waals surface area contributed by atoms with Crippen LogP contribution in [0.3, 0.4) is 0 Å². The number of fused-ring (bicyclic) bond motifs is 1. The first-order valence-electron chi connectivity index (χ1n) is 9.34. The van der Waals surface area contributed by atoms with Gasteiger partial charge in [0.15, 0.2) is 0 Å². The lowest BCUT2D eigenvalue weighted by Crippen LogP contribution is -2.52. The molecule has 10 nitrogen and oxygen atoms in total. The minimum atomic E-state index is -3.77. The number of para-hydroxylation sites is 1. The number of amides is 2. The lowest BCUT2D eigenvalue weighted by Gasteiger charge is -2.35. The molecule has 0 unspecified atom stereocenters. The van der Waals surface area contributed by atoms with Gasteiger partial charge in [0.1, 0.15) is 10.6 Å². The van der Waals surface area contributed by atoms with Gasteiger partial charge in [-0.15, -0.1) is 0 Å². The van der Waals surface area contributed by atoms with Gasteiger partial charge >= 0.3 is 5.91 Å². The zero-order valence-electron chi connectivity index (χ0n) is 16.3. The number of primary amides is 1. The van der Waals surface area contributed by atoms with E-state index >= 15 is 0 Å². The number of carbonyl (C=O) groups excluding carboxylic acids is 3. The maximum Gasteiger partial charge on any atom is 0.300 e. The van der Waals surface area contributed by atoms with Gasteiger partial charge in [0, 0.05) is 39.4 Å². The number of hydrogen-bond acceptors (Lipinski definition) is 6. The highest BCUT2D eigenvalue weighted by atomic mass is 32.2. The Morgan fingerprint density at radius 2 is 1.77 bits per heavy atom. The molecular weight excluding hydrogens is 410 g/mol. The minimum Gasteiger partial charge on any atom is -0.364 e. The Kier molecular flexibility index (Phi) is 4.96. The zero-order chi connectivity index (χ0) is 21.6. The highest BCUT2D eigenvalue weighted by Crippen LogP contribution is 2.29. The van der Waals surface area contributed by atoms with Crippen molar-refractivity contribution in [3.05, 3.63) is 47.8 Å². The van der Waals surface area contributed by atoms with Crippen molar-refractivity contribution in [2.24, 2.45) is 12.8 Å². The van der Waals surface area contributed by atoms with E-state index < -0.39 is 27.6 Å². The van der Waals surface area contributed by atoms with Gasteiger partial charge in [-0.2, -0.15) is 4.31 Å². The van der Waals surface area contributed by atoms with Crippen LogP contribution in [0.2, 0.25) is 0 Å². The molecule has 0 saturated carbocycles. The van der Waals surface area contributed by atoms with Crippen molar-refractivity contribution in [1.82, 2.24) is 13.8 Å². The fourth-order valence-corrected chi connectivity index (χ4v) is 5.26. The topological polar surface area (TPSA) is 126 Å². The molecule has 2 aromatic rings. The molecule has 1 saturated heterocycles. The number of aryl methyl sites for hydroxylation is 1. The van der Waals surface area contributed by atoms with Crippen LogP contribution >= 0.6 is 0 Å². The molecule has 0 atom stereocenters. The van der Waals surface area contributed by atoms with Crippen LogP contribution in [0.4, 0.5) is 5.69 Å². The number of hydrogen-bond donors (Lipinski definition) is 1. The maximum atomic E-state index is 12.9. The van der Waals surface area contributed by atoms with Crippen molar-refractivity contribution in [1.29, 1.82) is 0 Å². The SMILES string of the molecule is Cn1cc(S(=O)(=O)N2CCN(CN3C(=O)C(=O)c4ccccc43)CC2)cc1C(N)=O. The Morgan fingerprint density at radius 3 is 2.40 bits per heavy atom. The second-order valence-corrected chi connectivity index (χ2v) is 9.22. The molecule has 4 rings (SSSR count). The Hall–Kier alpha value is -3.02. The Balaban J connectivity index is 1.44. The zero-order valence-corrected chi connectivity index (χ0v) is 17.1. The number of nitrogens with two attached hydrogens (primary N) is 1. The van der Waals surface area contributed by atoms with Gasteiger partial charge in [-0.25, -0.2) is 8.42 Å². The third-order valence-electron chi connectivity index (χ3n) is 5.42. The van der Waals surface area contributed by atoms with E-state index in [-0.39, 0.29) is 30.3 Å². The molecule has 3 heterocycles. The maximum absolute atomic E-state index is 12.9. The highest BCUT2D eigenvalue weighted by molar-refractivity contribution is 7.89. The lowest BCUT2D eigenvalue weighted by molar-refractivity contribution is -0.114. The van der Waals surface area contributed by atoms with E-state index in [0.717, 1.165) is 0 Å². The summed E-state index contributed by atoms with van der Waals surface area (Å²) in [5.74, 6) is -1.80. The number of anilines is 1. The summed E-state index contributed by atoms with van der Waals surface area (Å²) in [5.41, 5.74) is 6.35. The summed E-state index contributed by atoms with van der Waals surface area (Å²) in [7, 11) is -2.21. The molecule has 2 aliphatic heterocycles. The van der Waals surface area contributed by atoms with Crippen molar-refractivity contribution >= 4 is 33.3 Å². The van der Waals surface area contributed by atoms with Crippen molar-refractivity contribution in [2.75, 3.05) is 37.7 Å². The molecular formula is C19H21N5O5S. The summed E-state index contributed by atoms with van der Waals surface area (Å²) in [6, 6.07) is 8.10. The van der Waals surface area contributed by atoms with Gasteiger partial charge in [0.05, 0.1) is 17.9 Å². The summed E-state index contributed by atoms with van der Waals surface area (Å²) in [5, 5.41) is 0. The van der Waals surface area contributed by atoms with Crippen LogP contribution in [0.1, 0.15) is 20.8 Å². The van der Waals surface area contributed by atoms with Gasteiger partial charge in [-0.05, 0) is 18.2 Å². The first-order valence-corrected chi connectivity index (χ1v) is 10.8. The van der Waals surface area contributed by atoms with Crippen LogP contribution in [-0.2, 0) is 21.9 Å². The van der Waals surface area contributed by atoms with E-state index in [2.05, 4.69) is 0 Å². The number of rotatable bonds is 5. The quantitative estimate of drug-likeness (QED) is 0.643. The molecule has 0 aliphatic carbocycles. The van der Waals surface area contributed by atoms with Gasteiger partial charge in [0.25, 0.3) is 11.7 Å². The number of carbonyl (C=O) groups is 3. The third kappa shape index (κ3) is 3.30. The van der Waals surface area contributed by atoms with Crippen LogP contribution < -0.4 is 10.6 Å². The molecule has 30 heavy (non-hydrogen) atoms. The number of aromatic nitrogens is 1. The Labute approximate surface area is 173 Å². The summed E-state index contributed by atoms with van der Waals surface area (Å²) >= 11 is 0. The lowest BCUT2D eigenvalue weighted by atomic mass is 10.1. The second-order valence-electron chi connectivity index (χ2n) is 7.28. The van der Waals surface area contributed by atoms with Crippen LogP contribution in [0.25, 0.3) is 0 Å². The fraction of sp³-hybridized carbons (Fsp3) is 0.316. The standard InChI is InChI=1S/C19H21N5O5S/c1-21-11-13(10-16(21)18(20)26)30(28,29)23-8-6-22(7-9-23)12-24-15-5-3-2-4-14(15)17(25)19(24)27/h2-5,10-11H,6-9,12H2,1H3,(H2,20,26). The van der Waals surface area contributed by atoms with E-state index in [0.29, 0.717) is 24.3 Å². The van der Waals surface area contributed by atoms with Gasteiger partial charge in [-0.3, -0.25) is 24.2 Å². The van der Waals surface area contributed by atoms with E-state index in [1.165, 1.54) is 26.0 Å². The average Bonchev–Trinajstić information content (AvgIpc) is 3.23. The van der Waals surface area contributed by atoms with E-state index in [1.807, 2.05) is 4.90 Å². The van der Waals surface area contributed by atoms with Crippen LogP contribution in [0.5, 0.6) is 0 Å². The van der Waals surface area contributed by atoms with Gasteiger partial charge in [-0.1, -0.05) is 12.1 Å². The predicted molar refractivity (Wildman–Crippen MR) is 107 cm³/mol. The molecule has 2 amide bonds. The molecule has 2 N–H and O–H groups in total. The van der Waals surface area contributed by atoms with E-state index in [4.69, 9.17) is 5.73 Å². The molecule has 0 bridgehead atoms. The molecule has 11 heteroatoms. The average molecular weight is 431 g/mol. The minimum absolute atomic E-state index is 0.0153. The monoisotopic (exact) mass is 431 g/mol. The summed E-state index contributed by atoms with van der Waals surface area (Å²) in [4.78, 5) is 39.3. The first kappa shape index (κ1) is 20.3. The first-order chi connectivity index (χ1) is 14.2. The molecule has 1 fully saturated rings. The number of nitrogens with zero attached hydrogens (tertiary/aromatic N) is 4. The molecule has 158 valence electrons. The highest BCUT2D eigenvalue weighted by Gasteiger charge is 2.37. The number of ketones is 1. The van der Waals surface area contributed by atoms with Crippen LogP contribution in [0.15, 0.2) is 41.4 Å². The number of benzene rings is 1. The molecule has 1 aromatic carbocycles. The third-order valence-corrected chi connectivity index (χ3v) is 7.29. The van der Waals surface area contributed by atoms with Crippen LogP contribution in [-0.4, -0.2) is 72.6 Å². The second kappa shape index (κ2) is 7.35. The van der Waals surface area contributed by atoms with Crippen molar-refractivity contribution in [3.63, 3.8) is 0 Å². The summed E-state index contributed by atoms with van der Waals surface area (Å²) in [6.45, 7) is 1.46. The number of Topliss-reactive ketones (excluding diaryl/α,β-unsaturated/α-hetero) is 1. The van der Waals surface area contributed by atoms with E-state index in [1.54, 1.807) is 31.3 Å². The van der Waals surface area contributed by atoms with Gasteiger partial charge in [0.2, 0.25) is 10.0 Å². The number of sulfonamides is 1. The largest absolute Gasteiger partial charge is 0.364 e.